The summed E-state index contributed by atoms with van der Waals surface area (Å²) in [5.41, 5.74) is -2.44. The topological polar surface area (TPSA) is 58.6 Å². The van der Waals surface area contributed by atoms with Gasteiger partial charge in [0.25, 0.3) is 5.92 Å². The Labute approximate surface area is 172 Å². The van der Waals surface area contributed by atoms with Gasteiger partial charge in [0.2, 0.25) is 5.91 Å². The summed E-state index contributed by atoms with van der Waals surface area (Å²) in [7, 11) is 0. The molecule has 2 heterocycles. The molecule has 3 fully saturated rings. The highest BCUT2D eigenvalue weighted by atomic mass is 19.4. The van der Waals surface area contributed by atoms with Crippen LogP contribution >= 0.6 is 0 Å². The van der Waals surface area contributed by atoms with E-state index in [4.69, 9.17) is 4.74 Å². The van der Waals surface area contributed by atoms with Gasteiger partial charge in [-0.2, -0.15) is 13.2 Å². The third-order valence-electron chi connectivity index (χ3n) is 6.38. The third-order valence-corrected chi connectivity index (χ3v) is 6.38. The van der Waals surface area contributed by atoms with Crippen molar-refractivity contribution in [3.8, 4) is 0 Å². The van der Waals surface area contributed by atoms with Crippen molar-refractivity contribution in [3.63, 3.8) is 0 Å². The van der Waals surface area contributed by atoms with Crippen LogP contribution in [0.2, 0.25) is 0 Å². The van der Waals surface area contributed by atoms with Crippen LogP contribution in [-0.4, -0.2) is 60.4 Å². The largest absolute Gasteiger partial charge is 0.447 e. The van der Waals surface area contributed by atoms with Gasteiger partial charge in [-0.3, -0.25) is 4.79 Å². The van der Waals surface area contributed by atoms with Gasteiger partial charge < -0.3 is 15.0 Å². The van der Waals surface area contributed by atoms with Gasteiger partial charge in [-0.05, 0) is 18.8 Å². The number of carbonyl (C=O) groups is 2. The van der Waals surface area contributed by atoms with Gasteiger partial charge in [-0.15, -0.1) is 0 Å². The zero-order valence-corrected chi connectivity index (χ0v) is 16.0. The number of carbonyl (C=O) groups excluding carboxylic acids is 2. The Kier molecular flexibility index (Phi) is 5.04. The fourth-order valence-electron chi connectivity index (χ4n) is 4.70. The number of alkyl halides is 6. The highest BCUT2D eigenvalue weighted by Crippen LogP contribution is 2.46. The number of hydrogen-bond acceptors (Lipinski definition) is 3. The number of nitrogens with zero attached hydrogens (tertiary/aromatic N) is 1. The standard InChI is InChI=1S/C19H19F7N2O3/c20-13-11(1-2-12(14(13)21)19(24,25)26)18(22,23)3-9-6-28(7-9)15(29)10-4-17(5-10)8-31-16(30)27-17/h1-2,9-11,13H,3-8H2,(H,27,30). The second kappa shape index (κ2) is 7.13. The summed E-state index contributed by atoms with van der Waals surface area (Å²) in [6.07, 6.45) is -8.40. The molecule has 2 unspecified atom stereocenters. The van der Waals surface area contributed by atoms with E-state index in [0.717, 1.165) is 0 Å². The molecule has 4 aliphatic rings. The van der Waals surface area contributed by atoms with Crippen LogP contribution in [0.25, 0.3) is 0 Å². The molecule has 0 aromatic rings. The van der Waals surface area contributed by atoms with E-state index in [1.165, 1.54) is 4.90 Å². The van der Waals surface area contributed by atoms with Crippen molar-refractivity contribution in [3.05, 3.63) is 23.6 Å². The van der Waals surface area contributed by atoms with Crippen LogP contribution in [0.5, 0.6) is 0 Å². The summed E-state index contributed by atoms with van der Waals surface area (Å²) < 4.78 is 99.5. The average Bonchev–Trinajstić information content (AvgIpc) is 2.99. The summed E-state index contributed by atoms with van der Waals surface area (Å²) in [5.74, 6) is -9.65. The van der Waals surface area contributed by atoms with Gasteiger partial charge in [0.15, 0.2) is 6.17 Å². The molecule has 5 nitrogen and oxygen atoms in total. The Bertz CT molecular complexity index is 842. The molecule has 0 aromatic heterocycles. The fraction of sp³-hybridized carbons (Fsp3) is 0.684. The number of likely N-dealkylation sites (tertiary alicyclic amines) is 1. The van der Waals surface area contributed by atoms with Gasteiger partial charge in [-0.25, -0.2) is 22.4 Å². The second-order valence-corrected chi connectivity index (χ2v) is 8.71. The van der Waals surface area contributed by atoms with Gasteiger partial charge >= 0.3 is 12.3 Å². The third kappa shape index (κ3) is 3.89. The van der Waals surface area contributed by atoms with Crippen LogP contribution in [0.1, 0.15) is 19.3 Å². The molecule has 1 saturated carbocycles. The average molecular weight is 456 g/mol. The lowest BCUT2D eigenvalue weighted by atomic mass is 9.68. The highest BCUT2D eigenvalue weighted by Gasteiger charge is 2.55. The molecule has 0 radical (unpaired) electrons. The first-order chi connectivity index (χ1) is 14.3. The Morgan fingerprint density at radius 1 is 1.23 bits per heavy atom. The molecule has 4 rings (SSSR count). The number of amides is 2. The number of hydrogen-bond donors (Lipinski definition) is 1. The Morgan fingerprint density at radius 3 is 2.42 bits per heavy atom. The van der Waals surface area contributed by atoms with Crippen molar-refractivity contribution < 1.29 is 45.1 Å². The molecule has 0 aromatic carbocycles. The van der Waals surface area contributed by atoms with Crippen LogP contribution in [0, 0.1) is 17.8 Å². The van der Waals surface area contributed by atoms with Gasteiger partial charge in [0.1, 0.15) is 12.4 Å². The first kappa shape index (κ1) is 21.9. The zero-order valence-electron chi connectivity index (χ0n) is 16.0. The van der Waals surface area contributed by atoms with Crippen molar-refractivity contribution in [2.24, 2.45) is 17.8 Å². The van der Waals surface area contributed by atoms with Crippen molar-refractivity contribution in [1.29, 1.82) is 0 Å². The first-order valence-corrected chi connectivity index (χ1v) is 9.72. The molecule has 0 bridgehead atoms. The first-order valence-electron chi connectivity index (χ1n) is 9.72. The maximum atomic E-state index is 14.5. The van der Waals surface area contributed by atoms with Crippen LogP contribution in [-0.2, 0) is 9.53 Å². The predicted molar refractivity (Wildman–Crippen MR) is 91.3 cm³/mol. The van der Waals surface area contributed by atoms with E-state index >= 15 is 0 Å². The Morgan fingerprint density at radius 2 is 1.87 bits per heavy atom. The van der Waals surface area contributed by atoms with Crippen molar-refractivity contribution in [2.75, 3.05) is 19.7 Å². The lowest BCUT2D eigenvalue weighted by Gasteiger charge is -2.48. The van der Waals surface area contributed by atoms with E-state index in [0.29, 0.717) is 18.9 Å². The lowest BCUT2D eigenvalue weighted by Crippen LogP contribution is -2.61. The summed E-state index contributed by atoms with van der Waals surface area (Å²) in [4.78, 5) is 24.9. The normalized spacial score (nSPS) is 33.8. The summed E-state index contributed by atoms with van der Waals surface area (Å²) in [6, 6.07) is 0. The molecule has 2 saturated heterocycles. The molecular weight excluding hydrogens is 437 g/mol. The van der Waals surface area contributed by atoms with Crippen molar-refractivity contribution in [1.82, 2.24) is 10.2 Å². The fourth-order valence-corrected chi connectivity index (χ4v) is 4.70. The van der Waals surface area contributed by atoms with Crippen molar-refractivity contribution in [2.45, 2.75) is 43.1 Å². The molecule has 2 aliphatic heterocycles. The smallest absolute Gasteiger partial charge is 0.418 e. The molecule has 2 amide bonds. The highest BCUT2D eigenvalue weighted by molar-refractivity contribution is 5.82. The molecule has 31 heavy (non-hydrogen) atoms. The molecule has 172 valence electrons. The monoisotopic (exact) mass is 456 g/mol. The quantitative estimate of drug-likeness (QED) is 0.657. The molecule has 2 aliphatic carbocycles. The van der Waals surface area contributed by atoms with E-state index in [9.17, 15) is 40.3 Å². The molecule has 1 N–H and O–H groups in total. The molecule has 12 heteroatoms. The van der Waals surface area contributed by atoms with Gasteiger partial charge in [0, 0.05) is 25.4 Å². The van der Waals surface area contributed by atoms with E-state index in [1.54, 1.807) is 0 Å². The maximum Gasteiger partial charge on any atom is 0.418 e. The number of cyclic esters (lactones) is 1. The lowest BCUT2D eigenvalue weighted by molar-refractivity contribution is -0.152. The van der Waals surface area contributed by atoms with Crippen LogP contribution in [0.4, 0.5) is 35.5 Å². The minimum Gasteiger partial charge on any atom is -0.447 e. The minimum absolute atomic E-state index is 0.000289. The van der Waals surface area contributed by atoms with Crippen LogP contribution in [0.3, 0.4) is 0 Å². The van der Waals surface area contributed by atoms with Gasteiger partial charge in [-0.1, -0.05) is 12.2 Å². The SMILES string of the molecule is O=C1NC2(CO1)CC(C(=O)N1CC(CC(F)(F)C3C=CC(C(F)(F)F)=C(F)C3F)C1)C2. The summed E-state index contributed by atoms with van der Waals surface area (Å²) in [5, 5.41) is 2.65. The number of rotatable bonds is 4. The van der Waals surface area contributed by atoms with E-state index in [-0.39, 0.29) is 37.6 Å². The maximum absolute atomic E-state index is 14.5. The number of alkyl carbamates (subject to hydrolysis) is 1. The molecular formula is C19H19F7N2O3. The van der Waals surface area contributed by atoms with Gasteiger partial charge in [0.05, 0.1) is 17.0 Å². The number of ether oxygens (including phenoxy) is 1. The van der Waals surface area contributed by atoms with E-state index < -0.39 is 59.6 Å². The van der Waals surface area contributed by atoms with Crippen LogP contribution < -0.4 is 5.32 Å². The number of halogens is 7. The predicted octanol–water partition coefficient (Wildman–Crippen LogP) is 3.67. The van der Waals surface area contributed by atoms with E-state index in [2.05, 4.69) is 5.32 Å². The second-order valence-electron chi connectivity index (χ2n) is 8.71. The minimum atomic E-state index is -5.17. The Hall–Kier alpha value is -2.27. The Balaban J connectivity index is 1.28. The number of nitrogens with one attached hydrogen (secondary N) is 1. The van der Waals surface area contributed by atoms with Crippen LogP contribution in [0.15, 0.2) is 23.6 Å². The number of allylic oxidation sites excluding steroid dienone is 4. The zero-order chi connectivity index (χ0) is 22.8. The van der Waals surface area contributed by atoms with E-state index in [1.807, 2.05) is 0 Å². The molecule has 2 atom stereocenters. The van der Waals surface area contributed by atoms with Crippen molar-refractivity contribution >= 4 is 12.0 Å². The summed E-state index contributed by atoms with van der Waals surface area (Å²) in [6.45, 7) is 0.172. The summed E-state index contributed by atoms with van der Waals surface area (Å²) >= 11 is 0. The molecule has 1 spiro atoms.